The van der Waals surface area contributed by atoms with Gasteiger partial charge in [-0.1, -0.05) is 0 Å². The number of nitriles is 1. The zero-order chi connectivity index (χ0) is 14.6. The topological polar surface area (TPSA) is 98.6 Å². The first-order chi connectivity index (χ1) is 9.53. The quantitative estimate of drug-likeness (QED) is 0.861. The van der Waals surface area contributed by atoms with E-state index in [1.165, 1.54) is 18.2 Å². The number of aromatic nitrogens is 2. The number of hydrogen-bond donors (Lipinski definition) is 2. The highest BCUT2D eigenvalue weighted by Gasteiger charge is 2.14. The fraction of sp³-hybridized carbons (Fsp3) is 0.231. The lowest BCUT2D eigenvalue weighted by Crippen LogP contribution is -2.26. The summed E-state index contributed by atoms with van der Waals surface area (Å²) in [4.78, 5) is 6.93. The Kier molecular flexibility index (Phi) is 4.17. The number of benzene rings is 1. The van der Waals surface area contributed by atoms with Crippen molar-refractivity contribution in [1.29, 1.82) is 5.26 Å². The molecule has 2 rings (SSSR count). The molecule has 0 atom stereocenters. The second-order valence-corrected chi connectivity index (χ2v) is 6.08. The third-order valence-corrected chi connectivity index (χ3v) is 4.33. The monoisotopic (exact) mass is 290 g/mol. The molecule has 1 aromatic heterocycles. The van der Waals surface area contributed by atoms with E-state index in [9.17, 15) is 8.42 Å². The minimum absolute atomic E-state index is 0.165. The Morgan fingerprint density at radius 2 is 2.25 bits per heavy atom. The number of aryl methyl sites for hydroxylation is 1. The molecule has 20 heavy (non-hydrogen) atoms. The first-order valence-electron chi connectivity index (χ1n) is 6.00. The summed E-state index contributed by atoms with van der Waals surface area (Å²) in [7, 11) is -3.55. The molecule has 7 heteroatoms. The summed E-state index contributed by atoms with van der Waals surface area (Å²) in [6.07, 6.45) is 3.74. The third kappa shape index (κ3) is 3.23. The zero-order valence-electron chi connectivity index (χ0n) is 10.9. The minimum atomic E-state index is -3.55. The summed E-state index contributed by atoms with van der Waals surface area (Å²) in [6, 6.07) is 6.45. The molecule has 0 saturated carbocycles. The van der Waals surface area contributed by atoms with Crippen molar-refractivity contribution < 1.29 is 8.42 Å². The molecule has 0 spiro atoms. The molecule has 0 bridgehead atoms. The highest BCUT2D eigenvalue weighted by atomic mass is 32.2. The summed E-state index contributed by atoms with van der Waals surface area (Å²) in [5.41, 5.74) is 1.98. The van der Waals surface area contributed by atoms with Crippen LogP contribution >= 0.6 is 0 Å². The molecule has 2 N–H and O–H groups in total. The predicted molar refractivity (Wildman–Crippen MR) is 73.4 cm³/mol. The van der Waals surface area contributed by atoms with Gasteiger partial charge in [0.05, 0.1) is 22.9 Å². The van der Waals surface area contributed by atoms with Gasteiger partial charge in [0, 0.05) is 24.9 Å². The first kappa shape index (κ1) is 14.2. The smallest absolute Gasteiger partial charge is 0.240 e. The van der Waals surface area contributed by atoms with Crippen LogP contribution in [-0.4, -0.2) is 24.9 Å². The number of imidazole rings is 1. The van der Waals surface area contributed by atoms with Crippen molar-refractivity contribution in [2.24, 2.45) is 0 Å². The van der Waals surface area contributed by atoms with E-state index in [-0.39, 0.29) is 11.4 Å². The van der Waals surface area contributed by atoms with Gasteiger partial charge in [-0.2, -0.15) is 5.26 Å². The van der Waals surface area contributed by atoms with Crippen LogP contribution < -0.4 is 4.72 Å². The molecular formula is C13H14N4O2S. The van der Waals surface area contributed by atoms with Gasteiger partial charge in [0.1, 0.15) is 0 Å². The Hall–Kier alpha value is -2.17. The van der Waals surface area contributed by atoms with Gasteiger partial charge in [-0.25, -0.2) is 18.1 Å². The van der Waals surface area contributed by atoms with Gasteiger partial charge in [0.25, 0.3) is 0 Å². The molecular weight excluding hydrogens is 276 g/mol. The van der Waals surface area contributed by atoms with Gasteiger partial charge in [0.2, 0.25) is 10.0 Å². The van der Waals surface area contributed by atoms with Crippen molar-refractivity contribution in [1.82, 2.24) is 14.7 Å². The number of sulfonamides is 1. The largest absolute Gasteiger partial charge is 0.348 e. The standard InChI is InChI=1S/C13H14N4O2S/c1-10-6-13(3-2-11(10)7-14)20(18,19)17-5-4-12-8-15-9-16-12/h2-3,6,8-9,17H,4-5H2,1H3,(H,15,16). The summed E-state index contributed by atoms with van der Waals surface area (Å²) in [5.74, 6) is 0. The van der Waals surface area contributed by atoms with Crippen LogP contribution in [0, 0.1) is 18.3 Å². The second-order valence-electron chi connectivity index (χ2n) is 4.31. The molecule has 0 aliphatic heterocycles. The van der Waals surface area contributed by atoms with Gasteiger partial charge in [-0.3, -0.25) is 0 Å². The van der Waals surface area contributed by atoms with E-state index >= 15 is 0 Å². The van der Waals surface area contributed by atoms with Crippen molar-refractivity contribution in [3.8, 4) is 6.07 Å². The number of nitrogens with one attached hydrogen (secondary N) is 2. The molecule has 0 aliphatic carbocycles. The third-order valence-electron chi connectivity index (χ3n) is 2.87. The Morgan fingerprint density at radius 3 is 2.85 bits per heavy atom. The van der Waals surface area contributed by atoms with E-state index in [1.807, 2.05) is 6.07 Å². The van der Waals surface area contributed by atoms with Crippen molar-refractivity contribution in [3.63, 3.8) is 0 Å². The van der Waals surface area contributed by atoms with Crippen molar-refractivity contribution in [2.75, 3.05) is 6.54 Å². The predicted octanol–water partition coefficient (Wildman–Crippen LogP) is 1.11. The fourth-order valence-corrected chi connectivity index (χ4v) is 2.87. The molecule has 0 unspecified atom stereocenters. The maximum Gasteiger partial charge on any atom is 0.240 e. The molecule has 104 valence electrons. The SMILES string of the molecule is Cc1cc(S(=O)(=O)NCCc2cnc[nH]2)ccc1C#N. The summed E-state index contributed by atoms with van der Waals surface area (Å²) >= 11 is 0. The van der Waals surface area contributed by atoms with Crippen molar-refractivity contribution in [3.05, 3.63) is 47.5 Å². The maximum absolute atomic E-state index is 12.1. The molecule has 0 saturated heterocycles. The van der Waals surface area contributed by atoms with Crippen LogP contribution in [-0.2, 0) is 16.4 Å². The Labute approximate surface area is 117 Å². The lowest BCUT2D eigenvalue weighted by Gasteiger charge is -2.07. The Bertz CT molecular complexity index is 730. The number of aromatic amines is 1. The van der Waals surface area contributed by atoms with Crippen LogP contribution in [0.4, 0.5) is 0 Å². The number of H-pyrrole nitrogens is 1. The lowest BCUT2D eigenvalue weighted by atomic mass is 10.1. The number of hydrogen-bond acceptors (Lipinski definition) is 4. The fourth-order valence-electron chi connectivity index (χ4n) is 1.75. The molecule has 0 fully saturated rings. The van der Waals surface area contributed by atoms with E-state index in [1.54, 1.807) is 19.4 Å². The minimum Gasteiger partial charge on any atom is -0.348 e. The first-order valence-corrected chi connectivity index (χ1v) is 7.49. The average Bonchev–Trinajstić information content (AvgIpc) is 2.91. The lowest BCUT2D eigenvalue weighted by molar-refractivity contribution is 0.581. The molecule has 0 radical (unpaired) electrons. The second kappa shape index (κ2) is 5.86. The Morgan fingerprint density at radius 1 is 1.45 bits per heavy atom. The van der Waals surface area contributed by atoms with Crippen LogP contribution in [0.1, 0.15) is 16.8 Å². The normalized spacial score (nSPS) is 11.2. The zero-order valence-corrected chi connectivity index (χ0v) is 11.7. The molecule has 0 aliphatic rings. The van der Waals surface area contributed by atoms with Gasteiger partial charge >= 0.3 is 0 Å². The maximum atomic E-state index is 12.1. The van der Waals surface area contributed by atoms with E-state index in [0.717, 1.165) is 5.69 Å². The van der Waals surface area contributed by atoms with E-state index < -0.39 is 10.0 Å². The molecule has 1 heterocycles. The van der Waals surface area contributed by atoms with Crippen LogP contribution in [0.5, 0.6) is 0 Å². The molecule has 0 amide bonds. The summed E-state index contributed by atoms with van der Waals surface area (Å²) < 4.78 is 26.7. The molecule has 1 aromatic carbocycles. The van der Waals surface area contributed by atoms with E-state index in [0.29, 0.717) is 17.5 Å². The molecule has 6 nitrogen and oxygen atoms in total. The van der Waals surface area contributed by atoms with E-state index in [4.69, 9.17) is 5.26 Å². The van der Waals surface area contributed by atoms with Crippen LogP contribution in [0.3, 0.4) is 0 Å². The highest BCUT2D eigenvalue weighted by molar-refractivity contribution is 7.89. The van der Waals surface area contributed by atoms with Crippen molar-refractivity contribution in [2.45, 2.75) is 18.2 Å². The average molecular weight is 290 g/mol. The van der Waals surface area contributed by atoms with Gasteiger partial charge in [-0.05, 0) is 30.7 Å². The van der Waals surface area contributed by atoms with Crippen molar-refractivity contribution >= 4 is 10.0 Å². The highest BCUT2D eigenvalue weighted by Crippen LogP contribution is 2.14. The summed E-state index contributed by atoms with van der Waals surface area (Å²) in [6.45, 7) is 1.99. The summed E-state index contributed by atoms with van der Waals surface area (Å²) in [5, 5.41) is 8.83. The Balaban J connectivity index is 2.06. The van der Waals surface area contributed by atoms with Crippen LogP contribution in [0.25, 0.3) is 0 Å². The van der Waals surface area contributed by atoms with Crippen LogP contribution in [0.15, 0.2) is 35.6 Å². The number of rotatable bonds is 5. The number of nitrogens with zero attached hydrogens (tertiary/aromatic N) is 2. The van der Waals surface area contributed by atoms with Gasteiger partial charge in [0.15, 0.2) is 0 Å². The van der Waals surface area contributed by atoms with Gasteiger partial charge < -0.3 is 4.98 Å². The molecule has 2 aromatic rings. The van der Waals surface area contributed by atoms with E-state index in [2.05, 4.69) is 14.7 Å². The van der Waals surface area contributed by atoms with Gasteiger partial charge in [-0.15, -0.1) is 0 Å². The van der Waals surface area contributed by atoms with Crippen LogP contribution in [0.2, 0.25) is 0 Å².